The van der Waals surface area contributed by atoms with E-state index in [-0.39, 0.29) is 37.2 Å². The predicted octanol–water partition coefficient (Wildman–Crippen LogP) is 3.76. The molecule has 0 saturated carbocycles. The Morgan fingerprint density at radius 1 is 0.621 bits per heavy atom. The first-order chi connectivity index (χ1) is 12.9. The lowest BCUT2D eigenvalue weighted by atomic mass is 9.91. The highest BCUT2D eigenvalue weighted by molar-refractivity contribution is 5.86. The van der Waals surface area contributed by atoms with E-state index < -0.39 is 0 Å². The van der Waals surface area contributed by atoms with Crippen molar-refractivity contribution in [1.82, 2.24) is 31.0 Å². The van der Waals surface area contributed by atoms with Gasteiger partial charge in [-0.2, -0.15) is 10.2 Å². The zero-order valence-corrected chi connectivity index (χ0v) is 18.2. The van der Waals surface area contributed by atoms with Crippen molar-refractivity contribution >= 4 is 59.0 Å². The van der Waals surface area contributed by atoms with Gasteiger partial charge in [-0.05, 0) is 23.3 Å². The standard InChI is InChI=1S/2C10H11N3.3ClH/c2*1-2-8(7-4-11-5-7)9-6-12-13-10(9)3-1;;;/h2*1-3,6-7,11H,4-5H2,(H,12,13);3*1H. The maximum absolute atomic E-state index is 4.06. The van der Waals surface area contributed by atoms with Gasteiger partial charge < -0.3 is 10.6 Å². The Bertz CT molecular complexity index is 955. The summed E-state index contributed by atoms with van der Waals surface area (Å²) in [6.07, 6.45) is 3.84. The number of fused-ring (bicyclic) bond motifs is 2. The van der Waals surface area contributed by atoms with E-state index >= 15 is 0 Å². The van der Waals surface area contributed by atoms with E-state index in [2.05, 4.69) is 67.4 Å². The summed E-state index contributed by atoms with van der Waals surface area (Å²) < 4.78 is 0. The number of hydrogen-bond acceptors (Lipinski definition) is 4. The monoisotopic (exact) mass is 454 g/mol. The van der Waals surface area contributed by atoms with Gasteiger partial charge in [-0.15, -0.1) is 37.2 Å². The molecule has 156 valence electrons. The molecule has 6 nitrogen and oxygen atoms in total. The van der Waals surface area contributed by atoms with E-state index in [0.717, 1.165) is 37.2 Å². The Kier molecular flexibility index (Phi) is 8.31. The summed E-state index contributed by atoms with van der Waals surface area (Å²) >= 11 is 0. The number of hydrogen-bond donors (Lipinski definition) is 4. The highest BCUT2D eigenvalue weighted by Gasteiger charge is 2.21. The van der Waals surface area contributed by atoms with Gasteiger partial charge in [0.1, 0.15) is 0 Å². The lowest BCUT2D eigenvalue weighted by Gasteiger charge is -2.27. The van der Waals surface area contributed by atoms with E-state index in [9.17, 15) is 0 Å². The second-order valence-electron chi connectivity index (χ2n) is 7.07. The normalized spacial score (nSPS) is 15.7. The van der Waals surface area contributed by atoms with Gasteiger partial charge in [-0.3, -0.25) is 10.2 Å². The number of H-pyrrole nitrogens is 2. The molecule has 2 aromatic heterocycles. The van der Waals surface area contributed by atoms with Crippen molar-refractivity contribution in [3.8, 4) is 0 Å². The molecule has 2 fully saturated rings. The molecule has 0 bridgehead atoms. The van der Waals surface area contributed by atoms with E-state index in [1.165, 1.54) is 21.9 Å². The number of rotatable bonds is 2. The van der Waals surface area contributed by atoms with Crippen molar-refractivity contribution in [1.29, 1.82) is 0 Å². The summed E-state index contributed by atoms with van der Waals surface area (Å²) in [5.41, 5.74) is 5.13. The summed E-state index contributed by atoms with van der Waals surface area (Å²) in [5, 5.41) is 23.2. The minimum absolute atomic E-state index is 0. The number of aromatic amines is 2. The second-order valence-corrected chi connectivity index (χ2v) is 7.07. The minimum Gasteiger partial charge on any atom is -0.315 e. The van der Waals surface area contributed by atoms with E-state index in [0.29, 0.717) is 11.8 Å². The third-order valence-corrected chi connectivity index (χ3v) is 5.48. The summed E-state index contributed by atoms with van der Waals surface area (Å²) in [5.74, 6) is 1.36. The molecule has 0 amide bonds. The molecule has 0 radical (unpaired) electrons. The highest BCUT2D eigenvalue weighted by Crippen LogP contribution is 2.27. The van der Waals surface area contributed by atoms with Crippen LogP contribution >= 0.6 is 37.2 Å². The summed E-state index contributed by atoms with van der Waals surface area (Å²) in [4.78, 5) is 0. The lowest BCUT2D eigenvalue weighted by Crippen LogP contribution is -2.39. The minimum atomic E-state index is 0. The fraction of sp³-hybridized carbons (Fsp3) is 0.300. The molecule has 6 rings (SSSR count). The van der Waals surface area contributed by atoms with Crippen molar-refractivity contribution in [2.24, 2.45) is 0 Å². The second kappa shape index (κ2) is 10.3. The Morgan fingerprint density at radius 3 is 1.38 bits per heavy atom. The van der Waals surface area contributed by atoms with Crippen LogP contribution < -0.4 is 10.6 Å². The molecular formula is C20H25Cl3N6. The number of aromatic nitrogens is 4. The first-order valence-corrected chi connectivity index (χ1v) is 9.15. The van der Waals surface area contributed by atoms with Gasteiger partial charge in [0.05, 0.1) is 23.4 Å². The van der Waals surface area contributed by atoms with Crippen LogP contribution in [-0.2, 0) is 0 Å². The number of nitrogens with one attached hydrogen (secondary N) is 4. The average Bonchev–Trinajstić information content (AvgIpc) is 3.22. The number of benzene rings is 2. The van der Waals surface area contributed by atoms with Crippen molar-refractivity contribution in [3.63, 3.8) is 0 Å². The van der Waals surface area contributed by atoms with Crippen molar-refractivity contribution in [2.45, 2.75) is 11.8 Å². The zero-order chi connectivity index (χ0) is 17.3. The molecule has 2 aromatic carbocycles. The Balaban J connectivity index is 0.000000187. The van der Waals surface area contributed by atoms with E-state index in [1.54, 1.807) is 0 Å². The van der Waals surface area contributed by atoms with Gasteiger partial charge in [-0.1, -0.05) is 24.3 Å². The molecule has 2 saturated heterocycles. The molecule has 0 atom stereocenters. The van der Waals surface area contributed by atoms with Crippen LogP contribution in [0.25, 0.3) is 21.8 Å². The highest BCUT2D eigenvalue weighted by atomic mass is 35.5. The maximum Gasteiger partial charge on any atom is 0.0653 e. The van der Waals surface area contributed by atoms with Crippen molar-refractivity contribution in [3.05, 3.63) is 59.9 Å². The number of halogens is 3. The van der Waals surface area contributed by atoms with Gasteiger partial charge in [0.2, 0.25) is 0 Å². The maximum atomic E-state index is 4.06. The van der Waals surface area contributed by atoms with Crippen LogP contribution in [0.15, 0.2) is 48.8 Å². The molecule has 0 aliphatic carbocycles. The third-order valence-electron chi connectivity index (χ3n) is 5.48. The lowest BCUT2D eigenvalue weighted by molar-refractivity contribution is 0.451. The first kappa shape index (κ1) is 23.4. The van der Waals surface area contributed by atoms with Crippen LogP contribution in [0.3, 0.4) is 0 Å². The van der Waals surface area contributed by atoms with Crippen LogP contribution in [0.4, 0.5) is 0 Å². The Hall–Kier alpha value is -1.83. The number of nitrogens with zero attached hydrogens (tertiary/aromatic N) is 2. The molecule has 9 heteroatoms. The molecule has 29 heavy (non-hydrogen) atoms. The Morgan fingerprint density at radius 2 is 1.03 bits per heavy atom. The topological polar surface area (TPSA) is 81.4 Å². The molecule has 4 N–H and O–H groups in total. The van der Waals surface area contributed by atoms with Crippen molar-refractivity contribution < 1.29 is 0 Å². The van der Waals surface area contributed by atoms with Crippen molar-refractivity contribution in [2.75, 3.05) is 26.2 Å². The average molecular weight is 456 g/mol. The first-order valence-electron chi connectivity index (χ1n) is 9.15. The molecule has 4 aromatic rings. The largest absolute Gasteiger partial charge is 0.315 e. The summed E-state index contributed by atoms with van der Waals surface area (Å²) in [6, 6.07) is 12.7. The zero-order valence-electron chi connectivity index (χ0n) is 15.7. The van der Waals surface area contributed by atoms with Gasteiger partial charge >= 0.3 is 0 Å². The fourth-order valence-corrected chi connectivity index (χ4v) is 3.71. The Labute approximate surface area is 187 Å². The van der Waals surface area contributed by atoms with Crippen LogP contribution in [0.5, 0.6) is 0 Å². The fourth-order valence-electron chi connectivity index (χ4n) is 3.71. The molecular weight excluding hydrogens is 431 g/mol. The quantitative estimate of drug-likeness (QED) is 0.371. The van der Waals surface area contributed by atoms with Crippen LogP contribution in [-0.4, -0.2) is 46.6 Å². The van der Waals surface area contributed by atoms with Crippen LogP contribution in [0.2, 0.25) is 0 Å². The smallest absolute Gasteiger partial charge is 0.0653 e. The van der Waals surface area contributed by atoms with Gasteiger partial charge in [-0.25, -0.2) is 0 Å². The molecule has 2 aliphatic heterocycles. The predicted molar refractivity (Wildman–Crippen MR) is 125 cm³/mol. The van der Waals surface area contributed by atoms with Gasteiger partial charge in [0, 0.05) is 48.8 Å². The third kappa shape index (κ3) is 4.52. The molecule has 2 aliphatic rings. The summed E-state index contributed by atoms with van der Waals surface area (Å²) in [7, 11) is 0. The van der Waals surface area contributed by atoms with Crippen LogP contribution in [0.1, 0.15) is 23.0 Å². The van der Waals surface area contributed by atoms with E-state index in [4.69, 9.17) is 0 Å². The summed E-state index contributed by atoms with van der Waals surface area (Å²) in [6.45, 7) is 4.41. The molecule has 0 unspecified atom stereocenters. The molecule has 0 spiro atoms. The van der Waals surface area contributed by atoms with Crippen LogP contribution in [0, 0.1) is 0 Å². The van der Waals surface area contributed by atoms with E-state index in [1.807, 2.05) is 12.4 Å². The SMILES string of the molecule is Cl.Cl.Cl.c1cc(C2CNC2)c2cn[nH]c2c1.c1cc(C2CNC2)c2cn[nH]c2c1. The molecule has 4 heterocycles. The van der Waals surface area contributed by atoms with Gasteiger partial charge in [0.25, 0.3) is 0 Å². The van der Waals surface area contributed by atoms with Gasteiger partial charge in [0.15, 0.2) is 0 Å².